The summed E-state index contributed by atoms with van der Waals surface area (Å²) in [6, 6.07) is 14.9. The van der Waals surface area contributed by atoms with E-state index in [0.717, 1.165) is 36.8 Å². The van der Waals surface area contributed by atoms with Crippen LogP contribution in [-0.2, 0) is 12.8 Å². The van der Waals surface area contributed by atoms with Crippen molar-refractivity contribution in [1.29, 1.82) is 0 Å². The highest BCUT2D eigenvalue weighted by Crippen LogP contribution is 2.35. The summed E-state index contributed by atoms with van der Waals surface area (Å²) < 4.78 is 14.1. The van der Waals surface area contributed by atoms with Gasteiger partial charge in [-0.1, -0.05) is 88.1 Å². The monoisotopic (exact) mass is 418 g/mol. The first kappa shape index (κ1) is 23.6. The molecule has 0 heterocycles. The Balaban J connectivity index is 1.45. The second kappa shape index (κ2) is 12.7. The molecule has 1 saturated carbocycles. The van der Waals surface area contributed by atoms with Crippen LogP contribution in [0, 0.1) is 23.6 Å². The topological polar surface area (TPSA) is 0 Å². The van der Waals surface area contributed by atoms with Gasteiger partial charge in [-0.25, -0.2) is 4.39 Å². The summed E-state index contributed by atoms with van der Waals surface area (Å²) in [5, 5.41) is 0. The lowest BCUT2D eigenvalue weighted by atomic mass is 9.78. The Hall–Kier alpha value is -2.07. The van der Waals surface area contributed by atoms with Crippen molar-refractivity contribution >= 4 is 0 Å². The van der Waals surface area contributed by atoms with Gasteiger partial charge in [0.2, 0.25) is 0 Å². The molecule has 0 amide bonds. The summed E-state index contributed by atoms with van der Waals surface area (Å²) in [6.07, 6.45) is 14.4. The van der Waals surface area contributed by atoms with Gasteiger partial charge >= 0.3 is 0 Å². The van der Waals surface area contributed by atoms with Crippen LogP contribution in [0.2, 0.25) is 0 Å². The quantitative estimate of drug-likeness (QED) is 0.282. The fourth-order valence-electron chi connectivity index (χ4n) is 4.74. The minimum absolute atomic E-state index is 0.109. The number of unbranched alkanes of at least 4 members (excludes halogenated alkanes) is 4. The molecule has 0 aliphatic heterocycles. The first-order chi connectivity index (χ1) is 15.2. The molecular formula is C30H39F. The van der Waals surface area contributed by atoms with Crippen LogP contribution in [0.15, 0.2) is 42.5 Å². The number of hydrogen-bond donors (Lipinski definition) is 0. The zero-order chi connectivity index (χ0) is 21.9. The molecule has 0 atom stereocenters. The van der Waals surface area contributed by atoms with E-state index in [1.165, 1.54) is 62.5 Å². The average molecular weight is 419 g/mol. The number of hydrogen-bond acceptors (Lipinski definition) is 0. The normalized spacial score (nSPS) is 18.4. The summed E-state index contributed by atoms with van der Waals surface area (Å²) in [5.41, 5.74) is 4.59. The molecule has 0 saturated heterocycles. The highest BCUT2D eigenvalue weighted by atomic mass is 19.1. The van der Waals surface area contributed by atoms with Gasteiger partial charge in [0, 0.05) is 11.5 Å². The van der Waals surface area contributed by atoms with Crippen molar-refractivity contribution in [2.45, 2.75) is 96.8 Å². The minimum Gasteiger partial charge on any atom is -0.207 e. The van der Waals surface area contributed by atoms with Crippen LogP contribution in [-0.4, -0.2) is 0 Å². The Labute approximate surface area is 189 Å². The third kappa shape index (κ3) is 7.53. The second-order valence-electron chi connectivity index (χ2n) is 9.28. The van der Waals surface area contributed by atoms with Gasteiger partial charge in [-0.05, 0) is 79.7 Å². The van der Waals surface area contributed by atoms with Crippen molar-refractivity contribution in [2.75, 3.05) is 0 Å². The summed E-state index contributed by atoms with van der Waals surface area (Å²) in [4.78, 5) is 0. The van der Waals surface area contributed by atoms with E-state index in [0.29, 0.717) is 11.8 Å². The molecular weight excluding hydrogens is 379 g/mol. The van der Waals surface area contributed by atoms with Crippen LogP contribution in [0.4, 0.5) is 4.39 Å². The molecule has 166 valence electrons. The third-order valence-corrected chi connectivity index (χ3v) is 6.74. The molecule has 3 rings (SSSR count). The fourth-order valence-corrected chi connectivity index (χ4v) is 4.74. The van der Waals surface area contributed by atoms with Gasteiger partial charge in [0.15, 0.2) is 0 Å². The Kier molecular flexibility index (Phi) is 9.67. The van der Waals surface area contributed by atoms with Crippen molar-refractivity contribution in [2.24, 2.45) is 5.92 Å². The largest absolute Gasteiger partial charge is 0.207 e. The molecule has 0 aromatic heterocycles. The van der Waals surface area contributed by atoms with Crippen molar-refractivity contribution in [1.82, 2.24) is 0 Å². The Bertz CT molecular complexity index is 844. The van der Waals surface area contributed by atoms with Crippen LogP contribution in [0.5, 0.6) is 0 Å². The lowest BCUT2D eigenvalue weighted by Crippen LogP contribution is -2.12. The van der Waals surface area contributed by atoms with Crippen molar-refractivity contribution in [3.63, 3.8) is 0 Å². The number of halogens is 1. The van der Waals surface area contributed by atoms with E-state index in [1.807, 2.05) is 12.1 Å². The molecule has 1 aliphatic rings. The predicted molar refractivity (Wildman–Crippen MR) is 131 cm³/mol. The summed E-state index contributed by atoms with van der Waals surface area (Å²) in [7, 11) is 0. The van der Waals surface area contributed by atoms with Gasteiger partial charge in [-0.2, -0.15) is 0 Å². The van der Waals surface area contributed by atoms with E-state index >= 15 is 0 Å². The van der Waals surface area contributed by atoms with Crippen LogP contribution in [0.25, 0.3) is 0 Å². The van der Waals surface area contributed by atoms with Gasteiger partial charge in [0.05, 0.1) is 0 Å². The molecule has 31 heavy (non-hydrogen) atoms. The van der Waals surface area contributed by atoms with E-state index < -0.39 is 0 Å². The lowest BCUT2D eigenvalue weighted by molar-refractivity contribution is 0.384. The van der Waals surface area contributed by atoms with Gasteiger partial charge < -0.3 is 0 Å². The third-order valence-electron chi connectivity index (χ3n) is 6.74. The molecule has 0 nitrogen and oxygen atoms in total. The van der Waals surface area contributed by atoms with Crippen molar-refractivity contribution < 1.29 is 4.39 Å². The molecule has 1 heteroatoms. The second-order valence-corrected chi connectivity index (χ2v) is 9.28. The highest BCUT2D eigenvalue weighted by Gasteiger charge is 2.21. The SMILES string of the molecule is CCCCCCCc1ccc([C@H]2CC[C@H](C#Cc3ccc(CCC)c(F)c3)CC2)cc1. The summed E-state index contributed by atoms with van der Waals surface area (Å²) in [5.74, 6) is 7.65. The smallest absolute Gasteiger partial charge is 0.127 e. The average Bonchev–Trinajstić information content (AvgIpc) is 2.80. The number of aryl methyl sites for hydroxylation is 2. The maximum atomic E-state index is 14.1. The molecule has 0 N–H and O–H groups in total. The summed E-state index contributed by atoms with van der Waals surface area (Å²) >= 11 is 0. The molecule has 0 radical (unpaired) electrons. The Morgan fingerprint density at radius 2 is 1.55 bits per heavy atom. The molecule has 0 spiro atoms. The minimum atomic E-state index is -0.109. The van der Waals surface area contributed by atoms with Crippen LogP contribution < -0.4 is 0 Å². The van der Waals surface area contributed by atoms with E-state index in [-0.39, 0.29) is 5.82 Å². The Morgan fingerprint density at radius 3 is 2.23 bits per heavy atom. The molecule has 0 unspecified atom stereocenters. The van der Waals surface area contributed by atoms with E-state index in [1.54, 1.807) is 6.07 Å². The van der Waals surface area contributed by atoms with Gasteiger partial charge in [0.25, 0.3) is 0 Å². The summed E-state index contributed by atoms with van der Waals surface area (Å²) in [6.45, 7) is 4.35. The molecule has 2 aromatic rings. The molecule has 1 aliphatic carbocycles. The highest BCUT2D eigenvalue weighted by molar-refractivity contribution is 5.37. The van der Waals surface area contributed by atoms with Crippen LogP contribution in [0.1, 0.15) is 106 Å². The van der Waals surface area contributed by atoms with E-state index in [2.05, 4.69) is 50.0 Å². The van der Waals surface area contributed by atoms with Crippen molar-refractivity contribution in [3.05, 3.63) is 70.5 Å². The van der Waals surface area contributed by atoms with Gasteiger partial charge in [-0.3, -0.25) is 0 Å². The Morgan fingerprint density at radius 1 is 0.806 bits per heavy atom. The van der Waals surface area contributed by atoms with Crippen molar-refractivity contribution in [3.8, 4) is 11.8 Å². The zero-order valence-electron chi connectivity index (χ0n) is 19.6. The number of benzene rings is 2. The van der Waals surface area contributed by atoms with E-state index in [4.69, 9.17) is 0 Å². The molecule has 0 bridgehead atoms. The maximum Gasteiger partial charge on any atom is 0.127 e. The van der Waals surface area contributed by atoms with Gasteiger partial charge in [0.1, 0.15) is 5.82 Å². The first-order valence-corrected chi connectivity index (χ1v) is 12.6. The fraction of sp³-hybridized carbons (Fsp3) is 0.533. The van der Waals surface area contributed by atoms with Crippen LogP contribution >= 0.6 is 0 Å². The van der Waals surface area contributed by atoms with E-state index in [9.17, 15) is 4.39 Å². The molecule has 1 fully saturated rings. The predicted octanol–water partition coefficient (Wildman–Crippen LogP) is 8.62. The zero-order valence-corrected chi connectivity index (χ0v) is 19.6. The lowest BCUT2D eigenvalue weighted by Gasteiger charge is -2.26. The maximum absolute atomic E-state index is 14.1. The molecule has 2 aromatic carbocycles. The number of rotatable bonds is 9. The van der Waals surface area contributed by atoms with Crippen LogP contribution in [0.3, 0.4) is 0 Å². The first-order valence-electron chi connectivity index (χ1n) is 12.6. The van der Waals surface area contributed by atoms with Gasteiger partial charge in [-0.15, -0.1) is 0 Å². The standard InChI is InChI=1S/C30H39F/c1-3-5-6-7-8-10-24-13-18-27(19-14-24)28-20-15-25(16-21-28)11-12-26-17-22-29(9-4-2)30(31)23-26/h13-14,17-19,22-23,25,28H,3-10,15-16,20-21H2,1-2H3/t25-,28-.